The Morgan fingerprint density at radius 2 is 2.16 bits per heavy atom. The summed E-state index contributed by atoms with van der Waals surface area (Å²) in [6, 6.07) is 6.73. The molecule has 7 heteroatoms. The second kappa shape index (κ2) is 7.97. The molecule has 1 unspecified atom stereocenters. The zero-order valence-electron chi connectivity index (χ0n) is 14.0. The molecule has 1 aliphatic carbocycles. The van der Waals surface area contributed by atoms with Crippen molar-refractivity contribution in [2.24, 2.45) is 5.92 Å². The second-order valence-electron chi connectivity index (χ2n) is 6.12. The first-order chi connectivity index (χ1) is 12.1. The molecule has 0 aliphatic heterocycles. The Hall–Kier alpha value is -1.92. The van der Waals surface area contributed by atoms with Crippen molar-refractivity contribution in [2.45, 2.75) is 32.6 Å². The molecule has 2 amide bonds. The molecule has 0 spiro atoms. The van der Waals surface area contributed by atoms with Gasteiger partial charge < -0.3 is 10.6 Å². The smallest absolute Gasteiger partial charge is 0.253 e. The molecule has 25 heavy (non-hydrogen) atoms. The van der Waals surface area contributed by atoms with Crippen LogP contribution in [0.3, 0.4) is 0 Å². The zero-order chi connectivity index (χ0) is 17.8. The highest BCUT2D eigenvalue weighted by Gasteiger charge is 2.22. The predicted molar refractivity (Wildman–Crippen MR) is 100 cm³/mol. The molecule has 2 aromatic rings. The van der Waals surface area contributed by atoms with E-state index in [-0.39, 0.29) is 18.4 Å². The Labute approximate surface area is 155 Å². The third kappa shape index (κ3) is 4.38. The van der Waals surface area contributed by atoms with Gasteiger partial charge in [-0.15, -0.1) is 11.3 Å². The standard InChI is InChI=1S/C18H20ClN3O2S/c1-2-11-7-8-14-15(9-11)25-18(21-14)22-16(23)10-20-17(24)12-5-3-4-6-13(12)19/h3-6,11H,2,7-10H2,1H3,(H,20,24)(H,21,22,23). The van der Waals surface area contributed by atoms with Gasteiger partial charge >= 0.3 is 0 Å². The summed E-state index contributed by atoms with van der Waals surface area (Å²) >= 11 is 7.52. The van der Waals surface area contributed by atoms with Crippen LogP contribution in [-0.4, -0.2) is 23.3 Å². The number of thiazole rings is 1. The van der Waals surface area contributed by atoms with Gasteiger partial charge in [0.25, 0.3) is 5.91 Å². The lowest BCUT2D eigenvalue weighted by Gasteiger charge is -2.18. The van der Waals surface area contributed by atoms with Crippen molar-refractivity contribution in [3.8, 4) is 0 Å². The molecule has 1 heterocycles. The number of anilines is 1. The molecule has 5 nitrogen and oxygen atoms in total. The highest BCUT2D eigenvalue weighted by Crippen LogP contribution is 2.33. The van der Waals surface area contributed by atoms with Gasteiger partial charge in [-0.3, -0.25) is 9.59 Å². The molecule has 1 aliphatic rings. The van der Waals surface area contributed by atoms with Crippen molar-refractivity contribution in [1.82, 2.24) is 10.3 Å². The first kappa shape index (κ1) is 17.9. The summed E-state index contributed by atoms with van der Waals surface area (Å²) in [4.78, 5) is 29.9. The number of carbonyl (C=O) groups is 2. The predicted octanol–water partition coefficient (Wildman–Crippen LogP) is 3.68. The molecule has 1 atom stereocenters. The molecule has 0 saturated carbocycles. The Morgan fingerprint density at radius 3 is 2.92 bits per heavy atom. The highest BCUT2D eigenvalue weighted by molar-refractivity contribution is 7.15. The molecule has 2 N–H and O–H groups in total. The average molecular weight is 378 g/mol. The molecule has 1 aromatic heterocycles. The van der Waals surface area contributed by atoms with Crippen LogP contribution in [0.2, 0.25) is 5.02 Å². The van der Waals surface area contributed by atoms with Crippen LogP contribution in [-0.2, 0) is 17.6 Å². The quantitative estimate of drug-likeness (QED) is 0.834. The summed E-state index contributed by atoms with van der Waals surface area (Å²) in [6.45, 7) is 2.09. The van der Waals surface area contributed by atoms with E-state index in [1.165, 1.54) is 22.6 Å². The lowest BCUT2D eigenvalue weighted by molar-refractivity contribution is -0.115. The first-order valence-corrected chi connectivity index (χ1v) is 9.57. The molecule has 132 valence electrons. The van der Waals surface area contributed by atoms with Gasteiger partial charge in [0.1, 0.15) is 0 Å². The Morgan fingerprint density at radius 1 is 1.36 bits per heavy atom. The monoisotopic (exact) mass is 377 g/mol. The van der Waals surface area contributed by atoms with Gasteiger partial charge in [-0.25, -0.2) is 4.98 Å². The minimum atomic E-state index is -0.370. The van der Waals surface area contributed by atoms with E-state index in [1.807, 2.05) is 0 Å². The maximum Gasteiger partial charge on any atom is 0.253 e. The van der Waals surface area contributed by atoms with Crippen molar-refractivity contribution in [2.75, 3.05) is 11.9 Å². The van der Waals surface area contributed by atoms with E-state index in [9.17, 15) is 9.59 Å². The number of rotatable bonds is 5. The lowest BCUT2D eigenvalue weighted by atomic mass is 9.89. The van der Waals surface area contributed by atoms with Crippen molar-refractivity contribution in [3.63, 3.8) is 0 Å². The molecule has 3 rings (SSSR count). The van der Waals surface area contributed by atoms with Crippen LogP contribution in [0.4, 0.5) is 5.13 Å². The Kier molecular flexibility index (Phi) is 5.71. The van der Waals surface area contributed by atoms with Crippen LogP contribution in [0, 0.1) is 5.92 Å². The van der Waals surface area contributed by atoms with E-state index < -0.39 is 0 Å². The number of halogens is 1. The average Bonchev–Trinajstić information content (AvgIpc) is 3.01. The fourth-order valence-electron chi connectivity index (χ4n) is 2.91. The topological polar surface area (TPSA) is 71.1 Å². The van der Waals surface area contributed by atoms with Crippen LogP contribution in [0.5, 0.6) is 0 Å². The number of aromatic nitrogens is 1. The van der Waals surface area contributed by atoms with Gasteiger partial charge in [-0.2, -0.15) is 0 Å². The van der Waals surface area contributed by atoms with E-state index in [2.05, 4.69) is 22.5 Å². The van der Waals surface area contributed by atoms with E-state index in [0.29, 0.717) is 21.6 Å². The summed E-state index contributed by atoms with van der Waals surface area (Å²) in [5.74, 6) is 0.0509. The van der Waals surface area contributed by atoms with E-state index >= 15 is 0 Å². The number of hydrogen-bond donors (Lipinski definition) is 2. The number of amides is 2. The molecule has 0 radical (unpaired) electrons. The third-order valence-electron chi connectivity index (χ3n) is 4.39. The molecular formula is C18H20ClN3O2S. The third-order valence-corrected chi connectivity index (χ3v) is 5.76. The summed E-state index contributed by atoms with van der Waals surface area (Å²) in [5, 5.41) is 6.32. The number of aryl methyl sites for hydroxylation is 1. The first-order valence-electron chi connectivity index (χ1n) is 8.38. The minimum absolute atomic E-state index is 0.119. The van der Waals surface area contributed by atoms with Gasteiger partial charge in [0.2, 0.25) is 5.91 Å². The summed E-state index contributed by atoms with van der Waals surface area (Å²) in [6.07, 6.45) is 4.35. The van der Waals surface area contributed by atoms with Gasteiger partial charge in [-0.1, -0.05) is 37.1 Å². The second-order valence-corrected chi connectivity index (χ2v) is 7.61. The number of carbonyl (C=O) groups excluding carboxylic acids is 2. The number of nitrogens with one attached hydrogen (secondary N) is 2. The zero-order valence-corrected chi connectivity index (χ0v) is 15.5. The van der Waals surface area contributed by atoms with Crippen molar-refractivity contribution in [3.05, 3.63) is 45.4 Å². The molecule has 1 aromatic carbocycles. The van der Waals surface area contributed by atoms with Gasteiger partial charge in [0.05, 0.1) is 22.8 Å². The Balaban J connectivity index is 1.54. The number of benzene rings is 1. The van der Waals surface area contributed by atoms with Gasteiger partial charge in [-0.05, 0) is 37.3 Å². The van der Waals surface area contributed by atoms with E-state index in [0.717, 1.165) is 25.0 Å². The number of hydrogen-bond acceptors (Lipinski definition) is 4. The normalized spacial score (nSPS) is 16.2. The van der Waals surface area contributed by atoms with Gasteiger partial charge in [0.15, 0.2) is 5.13 Å². The van der Waals surface area contributed by atoms with Crippen molar-refractivity contribution < 1.29 is 9.59 Å². The largest absolute Gasteiger partial charge is 0.343 e. The lowest BCUT2D eigenvalue weighted by Crippen LogP contribution is -2.33. The molecule has 0 saturated heterocycles. The Bertz CT molecular complexity index is 790. The van der Waals surface area contributed by atoms with Crippen LogP contribution in [0.15, 0.2) is 24.3 Å². The minimum Gasteiger partial charge on any atom is -0.343 e. The van der Waals surface area contributed by atoms with Crippen LogP contribution in [0.1, 0.15) is 40.7 Å². The van der Waals surface area contributed by atoms with Crippen molar-refractivity contribution >= 4 is 39.9 Å². The fourth-order valence-corrected chi connectivity index (χ4v) is 4.27. The van der Waals surface area contributed by atoms with Crippen LogP contribution < -0.4 is 10.6 Å². The molecule has 0 bridgehead atoms. The summed E-state index contributed by atoms with van der Waals surface area (Å²) in [7, 11) is 0. The maximum absolute atomic E-state index is 12.1. The summed E-state index contributed by atoms with van der Waals surface area (Å²) < 4.78 is 0. The number of nitrogens with zero attached hydrogens (tertiary/aromatic N) is 1. The number of fused-ring (bicyclic) bond motifs is 1. The highest BCUT2D eigenvalue weighted by atomic mass is 35.5. The van der Waals surface area contributed by atoms with Crippen LogP contribution in [0.25, 0.3) is 0 Å². The van der Waals surface area contributed by atoms with Gasteiger partial charge in [0, 0.05) is 4.88 Å². The van der Waals surface area contributed by atoms with E-state index in [4.69, 9.17) is 11.6 Å². The molecular weight excluding hydrogens is 358 g/mol. The SMILES string of the molecule is CCC1CCc2nc(NC(=O)CNC(=O)c3ccccc3Cl)sc2C1. The maximum atomic E-state index is 12.1. The fraction of sp³-hybridized carbons (Fsp3) is 0.389. The van der Waals surface area contributed by atoms with E-state index in [1.54, 1.807) is 24.3 Å². The molecule has 0 fully saturated rings. The summed E-state index contributed by atoms with van der Waals surface area (Å²) in [5.41, 5.74) is 1.46. The van der Waals surface area contributed by atoms with Crippen LogP contribution >= 0.6 is 22.9 Å². The van der Waals surface area contributed by atoms with Crippen molar-refractivity contribution in [1.29, 1.82) is 0 Å².